The molecule has 0 aromatic heterocycles. The summed E-state index contributed by atoms with van der Waals surface area (Å²) < 4.78 is 18.5. The summed E-state index contributed by atoms with van der Waals surface area (Å²) in [5, 5.41) is 0. The number of hydrogen-bond acceptors (Lipinski definition) is 3. The predicted octanol–water partition coefficient (Wildman–Crippen LogP) is 3.15. The molecule has 4 heteroatoms. The lowest BCUT2D eigenvalue weighted by Crippen LogP contribution is -2.12. The largest absolute Gasteiger partial charge is 0.465 e. The van der Waals surface area contributed by atoms with Crippen LogP contribution in [0.2, 0.25) is 0 Å². The van der Waals surface area contributed by atoms with E-state index in [-0.39, 0.29) is 16.7 Å². The molecule has 0 aliphatic heterocycles. The van der Waals surface area contributed by atoms with E-state index in [1.807, 2.05) is 0 Å². The van der Waals surface area contributed by atoms with Gasteiger partial charge in [-0.1, -0.05) is 24.3 Å². The molecule has 0 aliphatic carbocycles. The number of hydrogen-bond donors (Lipinski definition) is 0. The normalized spacial score (nSPS) is 10.2. The van der Waals surface area contributed by atoms with Gasteiger partial charge in [0.05, 0.1) is 18.2 Å². The number of aryl methyl sites for hydroxylation is 1. The molecule has 0 fully saturated rings. The minimum absolute atomic E-state index is 0.0630. The smallest absolute Gasteiger partial charge is 0.338 e. The van der Waals surface area contributed by atoms with Crippen LogP contribution < -0.4 is 0 Å². The van der Waals surface area contributed by atoms with Crippen molar-refractivity contribution in [2.75, 3.05) is 7.11 Å². The van der Waals surface area contributed by atoms with E-state index in [1.54, 1.807) is 25.1 Å². The van der Waals surface area contributed by atoms with Crippen LogP contribution >= 0.6 is 0 Å². The molecule has 20 heavy (non-hydrogen) atoms. The van der Waals surface area contributed by atoms with E-state index >= 15 is 0 Å². The van der Waals surface area contributed by atoms with E-state index in [9.17, 15) is 14.0 Å². The Morgan fingerprint density at radius 2 is 1.65 bits per heavy atom. The summed E-state index contributed by atoms with van der Waals surface area (Å²) in [5.41, 5.74) is 0.911. The number of ketones is 1. The zero-order valence-corrected chi connectivity index (χ0v) is 11.1. The fourth-order valence-corrected chi connectivity index (χ4v) is 1.92. The number of rotatable bonds is 3. The van der Waals surface area contributed by atoms with Gasteiger partial charge in [-0.05, 0) is 30.7 Å². The zero-order chi connectivity index (χ0) is 14.7. The van der Waals surface area contributed by atoms with E-state index in [1.165, 1.54) is 31.4 Å². The average Bonchev–Trinajstić information content (AvgIpc) is 2.46. The SMILES string of the molecule is COC(=O)c1ccccc1C(=O)c1ccc(C)cc1F. The molecule has 102 valence electrons. The van der Waals surface area contributed by atoms with E-state index in [4.69, 9.17) is 0 Å². The molecule has 0 unspecified atom stereocenters. The second-order valence-corrected chi connectivity index (χ2v) is 4.35. The van der Waals surface area contributed by atoms with Gasteiger partial charge in [0.25, 0.3) is 0 Å². The fraction of sp³-hybridized carbons (Fsp3) is 0.125. The average molecular weight is 272 g/mol. The van der Waals surface area contributed by atoms with Gasteiger partial charge < -0.3 is 4.74 Å². The zero-order valence-electron chi connectivity index (χ0n) is 11.1. The highest BCUT2D eigenvalue weighted by atomic mass is 19.1. The van der Waals surface area contributed by atoms with Crippen molar-refractivity contribution in [1.29, 1.82) is 0 Å². The van der Waals surface area contributed by atoms with E-state index in [2.05, 4.69) is 4.74 Å². The van der Waals surface area contributed by atoms with Crippen molar-refractivity contribution < 1.29 is 18.7 Å². The van der Waals surface area contributed by atoms with E-state index in [0.29, 0.717) is 0 Å². The summed E-state index contributed by atoms with van der Waals surface area (Å²) in [7, 11) is 1.23. The van der Waals surface area contributed by atoms with Crippen molar-refractivity contribution in [1.82, 2.24) is 0 Å². The van der Waals surface area contributed by atoms with Crippen LogP contribution in [-0.4, -0.2) is 18.9 Å². The number of ether oxygens (including phenoxy) is 1. The van der Waals surface area contributed by atoms with Crippen LogP contribution in [0, 0.1) is 12.7 Å². The van der Waals surface area contributed by atoms with E-state index in [0.717, 1.165) is 5.56 Å². The van der Waals surface area contributed by atoms with Gasteiger partial charge in [-0.3, -0.25) is 4.79 Å². The highest BCUT2D eigenvalue weighted by Crippen LogP contribution is 2.18. The molecule has 0 amide bonds. The Morgan fingerprint density at radius 1 is 1.00 bits per heavy atom. The summed E-state index contributed by atoms with van der Waals surface area (Å²) in [6.07, 6.45) is 0. The molecule has 0 bridgehead atoms. The van der Waals surface area contributed by atoms with Crippen LogP contribution in [0.5, 0.6) is 0 Å². The lowest BCUT2D eigenvalue weighted by Gasteiger charge is -2.08. The maximum Gasteiger partial charge on any atom is 0.338 e. The summed E-state index contributed by atoms with van der Waals surface area (Å²) in [5.74, 6) is -1.76. The van der Waals surface area contributed by atoms with Crippen molar-refractivity contribution in [2.24, 2.45) is 0 Å². The highest BCUT2D eigenvalue weighted by Gasteiger charge is 2.20. The number of benzene rings is 2. The molecule has 0 radical (unpaired) electrons. The quantitative estimate of drug-likeness (QED) is 0.636. The van der Waals surface area contributed by atoms with Gasteiger partial charge in [-0.15, -0.1) is 0 Å². The molecule has 0 N–H and O–H groups in total. The third kappa shape index (κ3) is 2.59. The van der Waals surface area contributed by atoms with Crippen molar-refractivity contribution in [3.8, 4) is 0 Å². The molecular formula is C16H13FO3. The first-order valence-corrected chi connectivity index (χ1v) is 6.02. The molecule has 0 saturated heterocycles. The molecule has 0 atom stereocenters. The lowest BCUT2D eigenvalue weighted by atomic mass is 9.97. The number of methoxy groups -OCH3 is 1. The van der Waals surface area contributed by atoms with Gasteiger partial charge in [-0.25, -0.2) is 9.18 Å². The molecule has 3 nitrogen and oxygen atoms in total. The van der Waals surface area contributed by atoms with Crippen LogP contribution in [0.15, 0.2) is 42.5 Å². The Kier molecular flexibility index (Phi) is 3.94. The number of carbonyl (C=O) groups excluding carboxylic acids is 2. The fourth-order valence-electron chi connectivity index (χ4n) is 1.92. The minimum atomic E-state index is -0.624. The lowest BCUT2D eigenvalue weighted by molar-refractivity contribution is 0.0597. The second-order valence-electron chi connectivity index (χ2n) is 4.35. The molecular weight excluding hydrogens is 259 g/mol. The third-order valence-electron chi connectivity index (χ3n) is 2.95. The molecule has 0 aliphatic rings. The maximum absolute atomic E-state index is 13.9. The Morgan fingerprint density at radius 3 is 2.25 bits per heavy atom. The monoisotopic (exact) mass is 272 g/mol. The highest BCUT2D eigenvalue weighted by molar-refractivity contribution is 6.14. The van der Waals surface area contributed by atoms with Crippen molar-refractivity contribution in [3.63, 3.8) is 0 Å². The first-order valence-electron chi connectivity index (χ1n) is 6.02. The number of esters is 1. The van der Waals surface area contributed by atoms with Gasteiger partial charge in [-0.2, -0.15) is 0 Å². The van der Waals surface area contributed by atoms with Gasteiger partial charge in [0, 0.05) is 5.56 Å². The summed E-state index contributed by atoms with van der Waals surface area (Å²) in [6, 6.07) is 10.5. The van der Waals surface area contributed by atoms with Crippen molar-refractivity contribution >= 4 is 11.8 Å². The predicted molar refractivity (Wildman–Crippen MR) is 72.4 cm³/mol. The van der Waals surface area contributed by atoms with Crippen molar-refractivity contribution in [2.45, 2.75) is 6.92 Å². The molecule has 0 saturated carbocycles. The Balaban J connectivity index is 2.51. The third-order valence-corrected chi connectivity index (χ3v) is 2.95. The molecule has 2 aromatic rings. The summed E-state index contributed by atoms with van der Waals surface area (Å²) in [4.78, 5) is 24.0. The minimum Gasteiger partial charge on any atom is -0.465 e. The Labute approximate surface area is 116 Å². The van der Waals surface area contributed by atoms with Gasteiger partial charge in [0.1, 0.15) is 5.82 Å². The maximum atomic E-state index is 13.9. The van der Waals surface area contributed by atoms with Gasteiger partial charge in [0.2, 0.25) is 0 Å². The Hall–Kier alpha value is -2.49. The molecule has 0 heterocycles. The topological polar surface area (TPSA) is 43.4 Å². The number of carbonyl (C=O) groups is 2. The van der Waals surface area contributed by atoms with Gasteiger partial charge in [0.15, 0.2) is 5.78 Å². The second kappa shape index (κ2) is 5.65. The van der Waals surface area contributed by atoms with Crippen molar-refractivity contribution in [3.05, 3.63) is 70.5 Å². The summed E-state index contributed by atoms with van der Waals surface area (Å²) >= 11 is 0. The standard InChI is InChI=1S/C16H13FO3/c1-10-7-8-13(14(17)9-10)15(18)11-5-3-4-6-12(11)16(19)20-2/h3-9H,1-2H3. The number of halogens is 1. The first-order chi connectivity index (χ1) is 9.54. The van der Waals surface area contributed by atoms with Crippen LogP contribution in [0.4, 0.5) is 4.39 Å². The molecule has 0 spiro atoms. The molecule has 2 aromatic carbocycles. The van der Waals surface area contributed by atoms with Crippen LogP contribution in [0.25, 0.3) is 0 Å². The Bertz CT molecular complexity index is 677. The summed E-state index contributed by atoms with van der Waals surface area (Å²) in [6.45, 7) is 1.74. The van der Waals surface area contributed by atoms with Gasteiger partial charge >= 0.3 is 5.97 Å². The van der Waals surface area contributed by atoms with Crippen LogP contribution in [0.1, 0.15) is 31.8 Å². The van der Waals surface area contributed by atoms with Crippen LogP contribution in [0.3, 0.4) is 0 Å². The van der Waals surface area contributed by atoms with Crippen LogP contribution in [-0.2, 0) is 4.74 Å². The van der Waals surface area contributed by atoms with E-state index < -0.39 is 17.6 Å². The first kappa shape index (κ1) is 13.9. The molecule has 2 rings (SSSR count).